The van der Waals surface area contributed by atoms with E-state index in [1.54, 1.807) is 0 Å². The molecule has 3 unspecified atom stereocenters. The Morgan fingerprint density at radius 1 is 1.37 bits per heavy atom. The van der Waals surface area contributed by atoms with Gasteiger partial charge in [-0.15, -0.1) is 0 Å². The molecule has 2 aliphatic carbocycles. The maximum absolute atomic E-state index is 12.6. The summed E-state index contributed by atoms with van der Waals surface area (Å²) in [6, 6.07) is 0. The summed E-state index contributed by atoms with van der Waals surface area (Å²) in [5, 5.41) is 12.4. The molecule has 3 atom stereocenters. The summed E-state index contributed by atoms with van der Waals surface area (Å²) in [5.74, 6) is 2.34. The zero-order valence-corrected chi connectivity index (χ0v) is 11.7. The summed E-state index contributed by atoms with van der Waals surface area (Å²) in [7, 11) is 0. The highest BCUT2D eigenvalue weighted by molar-refractivity contribution is 5.90. The Balaban J connectivity index is 1.62. The Hall–Kier alpha value is -1.06. The van der Waals surface area contributed by atoms with Gasteiger partial charge in [0.15, 0.2) is 0 Å². The summed E-state index contributed by atoms with van der Waals surface area (Å²) in [5.41, 5.74) is 0.875. The second-order valence-corrected chi connectivity index (χ2v) is 6.37. The van der Waals surface area contributed by atoms with Gasteiger partial charge in [-0.2, -0.15) is 0 Å². The number of carbonyl (C=O) groups excluding carboxylic acids is 1. The van der Waals surface area contributed by atoms with Gasteiger partial charge in [-0.3, -0.25) is 4.79 Å². The first-order chi connectivity index (χ1) is 9.26. The van der Waals surface area contributed by atoms with Crippen molar-refractivity contribution in [1.82, 2.24) is 4.90 Å². The lowest BCUT2D eigenvalue weighted by atomic mass is 9.93. The number of hydrogen-bond donors (Lipinski definition) is 1. The number of nitrogens with zero attached hydrogens (tertiary/aromatic N) is 2. The lowest BCUT2D eigenvalue weighted by Gasteiger charge is -2.33. The van der Waals surface area contributed by atoms with Gasteiger partial charge in [0.1, 0.15) is 0 Å². The molecule has 3 aliphatic rings. The van der Waals surface area contributed by atoms with Gasteiger partial charge >= 0.3 is 0 Å². The van der Waals surface area contributed by atoms with Gasteiger partial charge in [0.05, 0.1) is 5.71 Å². The van der Waals surface area contributed by atoms with Crippen LogP contribution in [-0.4, -0.2) is 34.8 Å². The summed E-state index contributed by atoms with van der Waals surface area (Å²) >= 11 is 0. The molecule has 1 amide bonds. The van der Waals surface area contributed by atoms with Crippen molar-refractivity contribution in [3.63, 3.8) is 0 Å². The Morgan fingerprint density at radius 2 is 2.05 bits per heavy atom. The predicted octanol–water partition coefficient (Wildman–Crippen LogP) is 2.51. The average molecular weight is 264 g/mol. The van der Waals surface area contributed by atoms with E-state index in [4.69, 9.17) is 5.21 Å². The first-order valence-electron chi connectivity index (χ1n) is 7.75. The zero-order valence-electron chi connectivity index (χ0n) is 11.7. The van der Waals surface area contributed by atoms with Gasteiger partial charge in [0.25, 0.3) is 0 Å². The van der Waals surface area contributed by atoms with E-state index >= 15 is 0 Å². The Bertz CT molecular complexity index is 382. The van der Waals surface area contributed by atoms with E-state index in [9.17, 15) is 4.79 Å². The topological polar surface area (TPSA) is 52.9 Å². The number of likely N-dealkylation sites (tertiary alicyclic amines) is 1. The SMILES string of the molecule is CCC1CN(C(=O)C2C3CCCCC32)CCC1=NO. The largest absolute Gasteiger partial charge is 0.411 e. The van der Waals surface area contributed by atoms with E-state index in [1.165, 1.54) is 25.7 Å². The maximum atomic E-state index is 12.6. The second-order valence-electron chi connectivity index (χ2n) is 6.37. The summed E-state index contributed by atoms with van der Waals surface area (Å²) in [4.78, 5) is 14.6. The van der Waals surface area contributed by atoms with Crippen LogP contribution in [0.3, 0.4) is 0 Å². The standard InChI is InChI=1S/C15H24N2O2/c1-2-10-9-17(8-7-13(10)16-19)15(18)14-11-5-3-4-6-12(11)14/h10-12,14,19H,2-9H2,1H3. The van der Waals surface area contributed by atoms with Crippen LogP contribution < -0.4 is 0 Å². The number of amides is 1. The second kappa shape index (κ2) is 5.14. The molecule has 1 N–H and O–H groups in total. The van der Waals surface area contributed by atoms with Crippen molar-refractivity contribution >= 4 is 11.6 Å². The number of hydrogen-bond acceptors (Lipinski definition) is 3. The zero-order chi connectivity index (χ0) is 13.4. The molecule has 0 aromatic rings. The number of rotatable bonds is 2. The number of carbonyl (C=O) groups is 1. The van der Waals surface area contributed by atoms with Crippen molar-refractivity contribution in [2.45, 2.75) is 45.4 Å². The lowest BCUT2D eigenvalue weighted by molar-refractivity contribution is -0.133. The number of piperidine rings is 1. The van der Waals surface area contributed by atoms with Crippen molar-refractivity contribution in [2.75, 3.05) is 13.1 Å². The van der Waals surface area contributed by atoms with Gasteiger partial charge in [0, 0.05) is 31.3 Å². The van der Waals surface area contributed by atoms with Gasteiger partial charge < -0.3 is 10.1 Å². The molecule has 2 saturated carbocycles. The highest BCUT2D eigenvalue weighted by Gasteiger charge is 2.56. The average Bonchev–Trinajstić information content (AvgIpc) is 3.20. The molecule has 19 heavy (non-hydrogen) atoms. The monoisotopic (exact) mass is 264 g/mol. The van der Waals surface area contributed by atoms with Crippen LogP contribution in [-0.2, 0) is 4.79 Å². The van der Waals surface area contributed by atoms with E-state index in [0.717, 1.165) is 31.6 Å². The quantitative estimate of drug-likeness (QED) is 0.615. The first kappa shape index (κ1) is 12.9. The fraction of sp³-hybridized carbons (Fsp3) is 0.867. The third-order valence-corrected chi connectivity index (χ3v) is 5.42. The van der Waals surface area contributed by atoms with E-state index in [0.29, 0.717) is 23.7 Å². The minimum atomic E-state index is 0.253. The molecule has 3 rings (SSSR count). The van der Waals surface area contributed by atoms with E-state index < -0.39 is 0 Å². The smallest absolute Gasteiger partial charge is 0.226 e. The van der Waals surface area contributed by atoms with Crippen LogP contribution in [0.5, 0.6) is 0 Å². The van der Waals surface area contributed by atoms with Gasteiger partial charge in [-0.1, -0.05) is 24.9 Å². The third kappa shape index (κ3) is 2.26. The highest BCUT2D eigenvalue weighted by atomic mass is 16.4. The van der Waals surface area contributed by atoms with Gasteiger partial charge in [-0.25, -0.2) is 0 Å². The molecular formula is C15H24N2O2. The molecule has 0 radical (unpaired) electrons. The number of oxime groups is 1. The molecule has 0 aromatic carbocycles. The third-order valence-electron chi connectivity index (χ3n) is 5.42. The molecule has 1 saturated heterocycles. The lowest BCUT2D eigenvalue weighted by Crippen LogP contribution is -2.45. The van der Waals surface area contributed by atoms with Crippen molar-refractivity contribution in [2.24, 2.45) is 28.8 Å². The summed E-state index contributed by atoms with van der Waals surface area (Å²) in [6.07, 6.45) is 6.82. The van der Waals surface area contributed by atoms with Gasteiger partial charge in [-0.05, 0) is 31.1 Å². The fourth-order valence-electron chi connectivity index (χ4n) is 4.18. The molecule has 4 heteroatoms. The summed E-state index contributed by atoms with van der Waals surface area (Å²) in [6.45, 7) is 3.59. The van der Waals surface area contributed by atoms with Crippen LogP contribution in [0.15, 0.2) is 5.16 Å². The molecule has 0 aromatic heterocycles. The highest BCUT2D eigenvalue weighted by Crippen LogP contribution is 2.56. The molecule has 1 aliphatic heterocycles. The minimum absolute atomic E-state index is 0.253. The van der Waals surface area contributed by atoms with Crippen molar-refractivity contribution in [3.05, 3.63) is 0 Å². The van der Waals surface area contributed by atoms with Crippen molar-refractivity contribution < 1.29 is 10.0 Å². The molecule has 3 fully saturated rings. The Kier molecular flexibility index (Phi) is 3.50. The number of fused-ring (bicyclic) bond motifs is 1. The van der Waals surface area contributed by atoms with Crippen LogP contribution in [0.4, 0.5) is 0 Å². The molecule has 4 nitrogen and oxygen atoms in total. The Labute approximate surface area is 114 Å². The van der Waals surface area contributed by atoms with Crippen LogP contribution in [0.25, 0.3) is 0 Å². The molecule has 0 bridgehead atoms. The molecule has 0 spiro atoms. The maximum Gasteiger partial charge on any atom is 0.226 e. The molecule has 106 valence electrons. The van der Waals surface area contributed by atoms with Crippen LogP contribution in [0.1, 0.15) is 45.4 Å². The summed E-state index contributed by atoms with van der Waals surface area (Å²) < 4.78 is 0. The van der Waals surface area contributed by atoms with Crippen LogP contribution in [0.2, 0.25) is 0 Å². The fourth-order valence-corrected chi connectivity index (χ4v) is 4.18. The van der Waals surface area contributed by atoms with E-state index in [-0.39, 0.29) is 5.92 Å². The minimum Gasteiger partial charge on any atom is -0.411 e. The molecule has 1 heterocycles. The first-order valence-corrected chi connectivity index (χ1v) is 7.75. The Morgan fingerprint density at radius 3 is 2.63 bits per heavy atom. The predicted molar refractivity (Wildman–Crippen MR) is 73.1 cm³/mol. The van der Waals surface area contributed by atoms with Crippen molar-refractivity contribution in [3.8, 4) is 0 Å². The van der Waals surface area contributed by atoms with E-state index in [2.05, 4.69) is 12.1 Å². The van der Waals surface area contributed by atoms with Crippen molar-refractivity contribution in [1.29, 1.82) is 0 Å². The van der Waals surface area contributed by atoms with Crippen LogP contribution >= 0.6 is 0 Å². The van der Waals surface area contributed by atoms with Gasteiger partial charge in [0.2, 0.25) is 5.91 Å². The normalized spacial score (nSPS) is 40.1. The van der Waals surface area contributed by atoms with E-state index in [1.807, 2.05) is 4.90 Å². The van der Waals surface area contributed by atoms with Crippen LogP contribution in [0, 0.1) is 23.7 Å². The molecular weight excluding hydrogens is 240 g/mol.